The minimum atomic E-state index is 0.216. The zero-order valence-corrected chi connectivity index (χ0v) is 18.8. The van der Waals surface area contributed by atoms with Crippen LogP contribution >= 0.6 is 35.4 Å². The Bertz CT molecular complexity index is 905. The van der Waals surface area contributed by atoms with Gasteiger partial charge in [0, 0.05) is 28.8 Å². The Balaban J connectivity index is 1.52. The fraction of sp³-hybridized carbons (Fsp3) is 0.333. The number of benzene rings is 2. The first-order valence-corrected chi connectivity index (χ1v) is 10.6. The highest BCUT2D eigenvalue weighted by atomic mass is 35.5. The van der Waals surface area contributed by atoms with Gasteiger partial charge in [0.1, 0.15) is 6.61 Å². The lowest BCUT2D eigenvalue weighted by Gasteiger charge is -2.12. The Hall–Kier alpha value is -2.06. The first-order valence-electron chi connectivity index (χ1n) is 9.48. The maximum atomic E-state index is 6.19. The molecular weight excluding hydrogens is 445 g/mol. The molecule has 2 aromatic rings. The normalized spacial score (nSPS) is 15.9. The number of methoxy groups -OCH3 is 1. The lowest BCUT2D eigenvalue weighted by atomic mass is 10.2. The molecule has 1 aliphatic heterocycles. The number of nitrogens with zero attached hydrogens (tertiary/aromatic N) is 1. The van der Waals surface area contributed by atoms with Crippen LogP contribution in [0.25, 0.3) is 0 Å². The molecular formula is C21H23Cl2N3O3S. The van der Waals surface area contributed by atoms with Crippen molar-refractivity contribution in [1.29, 1.82) is 0 Å². The van der Waals surface area contributed by atoms with E-state index in [1.165, 1.54) is 0 Å². The molecule has 1 atom stereocenters. The van der Waals surface area contributed by atoms with Crippen molar-refractivity contribution in [2.75, 3.05) is 20.3 Å². The van der Waals surface area contributed by atoms with Crippen LogP contribution in [0.1, 0.15) is 24.0 Å². The van der Waals surface area contributed by atoms with Gasteiger partial charge < -0.3 is 19.5 Å². The lowest BCUT2D eigenvalue weighted by molar-refractivity contribution is 0.114. The lowest BCUT2D eigenvalue weighted by Crippen LogP contribution is -2.37. The number of hydrogen-bond donors (Lipinski definition) is 2. The molecule has 30 heavy (non-hydrogen) atoms. The Morgan fingerprint density at radius 3 is 2.87 bits per heavy atom. The van der Waals surface area contributed by atoms with Gasteiger partial charge in [0.2, 0.25) is 0 Å². The standard InChI is InChI=1S/C21H23Cl2N3O3S/c1-27-20-9-14(11-25-26-21(30)24-12-17-3-2-8-28-17)4-7-19(20)29-13-15-5-6-16(22)10-18(15)23/h4-7,9-11,17H,2-3,8,12-13H2,1H3,(H2,24,26,30)/b25-11-/t17-/m0/s1. The third-order valence-electron chi connectivity index (χ3n) is 4.48. The second kappa shape index (κ2) is 11.4. The molecule has 3 rings (SSSR count). The van der Waals surface area contributed by atoms with E-state index in [-0.39, 0.29) is 6.10 Å². The van der Waals surface area contributed by atoms with Crippen molar-refractivity contribution in [3.05, 3.63) is 57.6 Å². The van der Waals surface area contributed by atoms with Crippen molar-refractivity contribution in [3.63, 3.8) is 0 Å². The zero-order chi connectivity index (χ0) is 21.3. The SMILES string of the molecule is COc1cc(/C=N\NC(=S)NC[C@@H]2CCCO2)ccc1OCc1ccc(Cl)cc1Cl. The fourth-order valence-corrected chi connectivity index (χ4v) is 3.49. The van der Waals surface area contributed by atoms with Crippen LogP contribution in [0.4, 0.5) is 0 Å². The molecule has 6 nitrogen and oxygen atoms in total. The maximum Gasteiger partial charge on any atom is 0.187 e. The largest absolute Gasteiger partial charge is 0.493 e. The first kappa shape index (κ1) is 22.6. The molecule has 0 amide bonds. The van der Waals surface area contributed by atoms with Crippen LogP contribution in [0, 0.1) is 0 Å². The molecule has 160 valence electrons. The number of hydrazone groups is 1. The molecule has 0 bridgehead atoms. The van der Waals surface area contributed by atoms with Gasteiger partial charge in [-0.2, -0.15) is 5.10 Å². The van der Waals surface area contributed by atoms with E-state index in [4.69, 9.17) is 49.6 Å². The average molecular weight is 468 g/mol. The molecule has 9 heteroatoms. The van der Waals surface area contributed by atoms with Crippen molar-refractivity contribution < 1.29 is 14.2 Å². The Labute approximate surface area is 191 Å². The van der Waals surface area contributed by atoms with Gasteiger partial charge in [-0.25, -0.2) is 0 Å². The van der Waals surface area contributed by atoms with Crippen LogP contribution in [0.5, 0.6) is 11.5 Å². The molecule has 1 saturated heterocycles. The highest BCUT2D eigenvalue weighted by Crippen LogP contribution is 2.29. The van der Waals surface area contributed by atoms with Crippen LogP contribution in [-0.4, -0.2) is 37.7 Å². The van der Waals surface area contributed by atoms with Gasteiger partial charge in [0.05, 0.1) is 19.4 Å². The second-order valence-corrected chi connectivity index (χ2v) is 7.90. The summed E-state index contributed by atoms with van der Waals surface area (Å²) >= 11 is 17.3. The van der Waals surface area contributed by atoms with Gasteiger partial charge in [-0.15, -0.1) is 0 Å². The topological polar surface area (TPSA) is 64.1 Å². The molecule has 1 aliphatic rings. The van der Waals surface area contributed by atoms with Gasteiger partial charge in [0.25, 0.3) is 0 Å². The summed E-state index contributed by atoms with van der Waals surface area (Å²) in [4.78, 5) is 0. The molecule has 0 unspecified atom stereocenters. The third kappa shape index (κ3) is 6.74. The predicted octanol–water partition coefficient (Wildman–Crippen LogP) is 4.56. The molecule has 0 saturated carbocycles. The predicted molar refractivity (Wildman–Crippen MR) is 124 cm³/mol. The minimum absolute atomic E-state index is 0.216. The van der Waals surface area contributed by atoms with E-state index in [2.05, 4.69) is 15.8 Å². The van der Waals surface area contributed by atoms with Crippen molar-refractivity contribution in [2.24, 2.45) is 5.10 Å². The molecule has 1 heterocycles. The molecule has 0 aliphatic carbocycles. The third-order valence-corrected chi connectivity index (χ3v) is 5.30. The summed E-state index contributed by atoms with van der Waals surface area (Å²) in [6.07, 6.45) is 4.02. The molecule has 2 N–H and O–H groups in total. The number of halogens is 2. The van der Waals surface area contributed by atoms with Crippen LogP contribution in [0.3, 0.4) is 0 Å². The van der Waals surface area contributed by atoms with E-state index in [0.717, 1.165) is 30.6 Å². The fourth-order valence-electron chi connectivity index (χ4n) is 2.89. The van der Waals surface area contributed by atoms with Crippen molar-refractivity contribution in [2.45, 2.75) is 25.6 Å². The molecule has 0 spiro atoms. The van der Waals surface area contributed by atoms with E-state index < -0.39 is 0 Å². The number of nitrogens with one attached hydrogen (secondary N) is 2. The van der Waals surface area contributed by atoms with E-state index in [1.807, 2.05) is 24.3 Å². The summed E-state index contributed by atoms with van der Waals surface area (Å²) < 4.78 is 16.8. The van der Waals surface area contributed by atoms with Crippen LogP contribution < -0.4 is 20.2 Å². The zero-order valence-electron chi connectivity index (χ0n) is 16.5. The Morgan fingerprint density at radius 1 is 1.27 bits per heavy atom. The van der Waals surface area contributed by atoms with Gasteiger partial charge in [-0.1, -0.05) is 29.3 Å². The molecule has 1 fully saturated rings. The van der Waals surface area contributed by atoms with E-state index >= 15 is 0 Å². The van der Waals surface area contributed by atoms with Gasteiger partial charge in [-0.05, 0) is 61.0 Å². The Kier molecular flexibility index (Phi) is 8.57. The van der Waals surface area contributed by atoms with Crippen molar-refractivity contribution >= 4 is 46.7 Å². The number of rotatable bonds is 8. The Morgan fingerprint density at radius 2 is 2.13 bits per heavy atom. The quantitative estimate of drug-likeness (QED) is 0.337. The van der Waals surface area contributed by atoms with Gasteiger partial charge in [-0.3, -0.25) is 5.43 Å². The van der Waals surface area contributed by atoms with Gasteiger partial charge in [0.15, 0.2) is 16.6 Å². The van der Waals surface area contributed by atoms with E-state index in [0.29, 0.717) is 39.8 Å². The van der Waals surface area contributed by atoms with Crippen LogP contribution in [-0.2, 0) is 11.3 Å². The summed E-state index contributed by atoms with van der Waals surface area (Å²) in [6, 6.07) is 10.8. The number of hydrogen-bond acceptors (Lipinski definition) is 5. The highest BCUT2D eigenvalue weighted by molar-refractivity contribution is 7.80. The highest BCUT2D eigenvalue weighted by Gasteiger charge is 2.15. The van der Waals surface area contributed by atoms with Crippen LogP contribution in [0.2, 0.25) is 10.0 Å². The molecule has 0 aromatic heterocycles. The summed E-state index contributed by atoms with van der Waals surface area (Å²) in [5.41, 5.74) is 4.47. The van der Waals surface area contributed by atoms with Gasteiger partial charge >= 0.3 is 0 Å². The second-order valence-electron chi connectivity index (χ2n) is 6.65. The van der Waals surface area contributed by atoms with E-state index in [1.54, 1.807) is 25.5 Å². The number of thiocarbonyl (C=S) groups is 1. The summed E-state index contributed by atoms with van der Waals surface area (Å²) in [6.45, 7) is 1.80. The summed E-state index contributed by atoms with van der Waals surface area (Å²) in [5.74, 6) is 1.19. The summed E-state index contributed by atoms with van der Waals surface area (Å²) in [7, 11) is 1.58. The monoisotopic (exact) mass is 467 g/mol. The van der Waals surface area contributed by atoms with Crippen molar-refractivity contribution in [3.8, 4) is 11.5 Å². The first-order chi connectivity index (χ1) is 14.5. The van der Waals surface area contributed by atoms with E-state index in [9.17, 15) is 0 Å². The minimum Gasteiger partial charge on any atom is -0.493 e. The number of ether oxygens (including phenoxy) is 3. The maximum absolute atomic E-state index is 6.19. The van der Waals surface area contributed by atoms with Crippen LogP contribution in [0.15, 0.2) is 41.5 Å². The smallest absolute Gasteiger partial charge is 0.187 e. The molecule has 2 aromatic carbocycles. The van der Waals surface area contributed by atoms with Crippen molar-refractivity contribution in [1.82, 2.24) is 10.7 Å². The average Bonchev–Trinajstić information content (AvgIpc) is 3.26. The summed E-state index contributed by atoms with van der Waals surface area (Å²) in [5, 5.41) is 8.85. The molecule has 0 radical (unpaired) electrons.